The number of carboxylic acid groups (broad SMARTS) is 1. The van der Waals surface area contributed by atoms with Gasteiger partial charge in [-0.15, -0.1) is 0 Å². The first-order valence-electron chi connectivity index (χ1n) is 15.1. The van der Waals surface area contributed by atoms with E-state index in [1.807, 2.05) is 44.2 Å². The van der Waals surface area contributed by atoms with Crippen LogP contribution < -0.4 is 15.4 Å². The lowest BCUT2D eigenvalue weighted by Gasteiger charge is -2.33. The predicted octanol–water partition coefficient (Wildman–Crippen LogP) is 2.99. The second-order valence-electron chi connectivity index (χ2n) is 11.7. The van der Waals surface area contributed by atoms with Gasteiger partial charge in [-0.1, -0.05) is 56.3 Å². The summed E-state index contributed by atoms with van der Waals surface area (Å²) in [5.41, 5.74) is 1.51. The summed E-state index contributed by atoms with van der Waals surface area (Å²) in [5.74, 6) is -1.98. The van der Waals surface area contributed by atoms with Crippen molar-refractivity contribution in [1.82, 2.24) is 20.4 Å². The zero-order chi connectivity index (χ0) is 33.1. The summed E-state index contributed by atoms with van der Waals surface area (Å²) in [6.07, 6.45) is 0.534. The fourth-order valence-electron chi connectivity index (χ4n) is 5.25. The van der Waals surface area contributed by atoms with E-state index in [0.717, 1.165) is 5.56 Å². The van der Waals surface area contributed by atoms with Crippen LogP contribution in [0.2, 0.25) is 0 Å². The summed E-state index contributed by atoms with van der Waals surface area (Å²) in [5, 5.41) is 15.2. The molecule has 0 saturated carbocycles. The number of alkyl carbamates (subject to hydrolysis) is 1. The predicted molar refractivity (Wildman–Crippen MR) is 166 cm³/mol. The van der Waals surface area contributed by atoms with Crippen molar-refractivity contribution in [1.29, 1.82) is 0 Å². The molecule has 2 aromatic rings. The molecule has 2 aromatic carbocycles. The van der Waals surface area contributed by atoms with Crippen LogP contribution in [0.5, 0.6) is 5.75 Å². The van der Waals surface area contributed by atoms with E-state index in [2.05, 4.69) is 10.6 Å². The summed E-state index contributed by atoms with van der Waals surface area (Å²) in [6, 6.07) is 12.1. The van der Waals surface area contributed by atoms with Crippen LogP contribution in [0.1, 0.15) is 51.2 Å². The zero-order valence-electron chi connectivity index (χ0n) is 26.5. The maximum absolute atomic E-state index is 13.8. The number of ether oxygens (including phenoxy) is 2. The van der Waals surface area contributed by atoms with Gasteiger partial charge in [0.05, 0.1) is 7.11 Å². The molecule has 0 radical (unpaired) electrons. The minimum absolute atomic E-state index is 0.0265. The Morgan fingerprint density at radius 3 is 2.24 bits per heavy atom. The molecule has 12 heteroatoms. The van der Waals surface area contributed by atoms with E-state index in [0.29, 0.717) is 37.1 Å². The van der Waals surface area contributed by atoms with E-state index >= 15 is 0 Å². The summed E-state index contributed by atoms with van der Waals surface area (Å²) < 4.78 is 10.4. The molecule has 45 heavy (non-hydrogen) atoms. The van der Waals surface area contributed by atoms with Gasteiger partial charge in [0.2, 0.25) is 17.7 Å². The second-order valence-corrected chi connectivity index (χ2v) is 11.7. The molecule has 0 aromatic heterocycles. The van der Waals surface area contributed by atoms with Gasteiger partial charge in [-0.2, -0.15) is 0 Å². The van der Waals surface area contributed by atoms with Crippen molar-refractivity contribution >= 4 is 29.8 Å². The number of carbonyl (C=O) groups excluding carboxylic acids is 4. The Balaban J connectivity index is 1.66. The summed E-state index contributed by atoms with van der Waals surface area (Å²) in [7, 11) is 2.97. The molecule has 1 heterocycles. The molecule has 1 fully saturated rings. The molecule has 1 saturated heterocycles. The minimum atomic E-state index is -1.16. The van der Waals surface area contributed by atoms with Crippen molar-refractivity contribution in [3.8, 4) is 5.75 Å². The van der Waals surface area contributed by atoms with Gasteiger partial charge >= 0.3 is 12.1 Å². The van der Waals surface area contributed by atoms with Crippen LogP contribution in [-0.2, 0) is 36.9 Å². The van der Waals surface area contributed by atoms with Crippen LogP contribution in [0.4, 0.5) is 4.79 Å². The molecule has 4 amide bonds. The van der Waals surface area contributed by atoms with E-state index < -0.39 is 54.0 Å². The van der Waals surface area contributed by atoms with Gasteiger partial charge in [0.1, 0.15) is 36.5 Å². The first-order valence-corrected chi connectivity index (χ1v) is 15.1. The highest BCUT2D eigenvalue weighted by molar-refractivity contribution is 5.95. The highest BCUT2D eigenvalue weighted by atomic mass is 16.5. The SMILES string of the molecule is COc1ccc(C[C@@H](C(=O)O)N(C)C(=O)[C@@H]2CCCN2C(=O)[C@H](CC(C)C)NC(=O)[C@@H](C)NC(=O)OCc2ccccc2)cc1. The average Bonchev–Trinajstić information content (AvgIpc) is 3.51. The maximum atomic E-state index is 13.8. The van der Waals surface area contributed by atoms with Gasteiger partial charge in [-0.05, 0) is 55.4 Å². The Morgan fingerprint density at radius 2 is 1.64 bits per heavy atom. The lowest BCUT2D eigenvalue weighted by molar-refractivity contribution is -0.153. The first-order chi connectivity index (χ1) is 21.4. The van der Waals surface area contributed by atoms with Crippen molar-refractivity contribution in [2.45, 2.75) is 77.2 Å². The Kier molecular flexibility index (Phi) is 12.8. The van der Waals surface area contributed by atoms with Crippen molar-refractivity contribution < 1.29 is 38.6 Å². The number of likely N-dealkylation sites (tertiary alicyclic amines) is 1. The molecule has 4 atom stereocenters. The number of methoxy groups -OCH3 is 1. The van der Waals surface area contributed by atoms with Gasteiger partial charge in [-0.3, -0.25) is 14.4 Å². The van der Waals surface area contributed by atoms with Crippen LogP contribution in [-0.4, -0.2) is 89.6 Å². The van der Waals surface area contributed by atoms with Crippen molar-refractivity contribution in [3.05, 3.63) is 65.7 Å². The monoisotopic (exact) mass is 624 g/mol. The highest BCUT2D eigenvalue weighted by Crippen LogP contribution is 2.24. The third-order valence-corrected chi connectivity index (χ3v) is 7.77. The average molecular weight is 625 g/mol. The normalized spacial score (nSPS) is 16.3. The number of carboxylic acids is 1. The lowest BCUT2D eigenvalue weighted by atomic mass is 10.0. The number of nitrogens with zero attached hydrogens (tertiary/aromatic N) is 2. The summed E-state index contributed by atoms with van der Waals surface area (Å²) in [4.78, 5) is 67.7. The maximum Gasteiger partial charge on any atom is 0.408 e. The molecule has 0 unspecified atom stereocenters. The number of rotatable bonds is 14. The second kappa shape index (κ2) is 16.5. The van der Waals surface area contributed by atoms with E-state index in [1.165, 1.54) is 30.9 Å². The summed E-state index contributed by atoms with van der Waals surface area (Å²) in [6.45, 7) is 5.64. The minimum Gasteiger partial charge on any atom is -0.497 e. The molecule has 1 aliphatic heterocycles. The molecule has 0 spiro atoms. The Bertz CT molecular complexity index is 1320. The molecule has 0 aliphatic carbocycles. The number of benzene rings is 2. The van der Waals surface area contributed by atoms with Gasteiger partial charge in [0.15, 0.2) is 0 Å². The Morgan fingerprint density at radius 1 is 0.978 bits per heavy atom. The van der Waals surface area contributed by atoms with E-state index in [1.54, 1.807) is 24.3 Å². The molecule has 3 N–H and O–H groups in total. The van der Waals surface area contributed by atoms with Gasteiger partial charge in [0.25, 0.3) is 0 Å². The smallest absolute Gasteiger partial charge is 0.408 e. The number of hydrogen-bond donors (Lipinski definition) is 3. The van der Waals surface area contributed by atoms with E-state index in [4.69, 9.17) is 9.47 Å². The number of likely N-dealkylation sites (N-methyl/N-ethyl adjacent to an activating group) is 1. The Hall–Kier alpha value is -4.61. The number of amides is 4. The third kappa shape index (κ3) is 9.95. The number of aliphatic carboxylic acids is 1. The van der Waals surface area contributed by atoms with Gasteiger partial charge in [-0.25, -0.2) is 9.59 Å². The van der Waals surface area contributed by atoms with Crippen LogP contribution in [0.3, 0.4) is 0 Å². The van der Waals surface area contributed by atoms with E-state index in [9.17, 15) is 29.1 Å². The van der Waals surface area contributed by atoms with Crippen LogP contribution in [0.15, 0.2) is 54.6 Å². The topological polar surface area (TPSA) is 155 Å². The van der Waals surface area contributed by atoms with E-state index in [-0.39, 0.29) is 18.9 Å². The largest absolute Gasteiger partial charge is 0.497 e. The van der Waals surface area contributed by atoms with Crippen molar-refractivity contribution in [2.75, 3.05) is 20.7 Å². The highest BCUT2D eigenvalue weighted by Gasteiger charge is 2.41. The third-order valence-electron chi connectivity index (χ3n) is 7.77. The molecular weight excluding hydrogens is 580 g/mol. The molecule has 1 aliphatic rings. The van der Waals surface area contributed by atoms with Crippen molar-refractivity contribution in [3.63, 3.8) is 0 Å². The zero-order valence-corrected chi connectivity index (χ0v) is 26.5. The van der Waals surface area contributed by atoms with Crippen LogP contribution >= 0.6 is 0 Å². The van der Waals surface area contributed by atoms with Crippen molar-refractivity contribution in [2.24, 2.45) is 5.92 Å². The molecule has 244 valence electrons. The molecule has 3 rings (SSSR count). The standard InChI is InChI=1S/C33H44N4O8/c1-21(2)18-26(35-29(38)22(3)34-33(43)45-20-24-10-7-6-8-11-24)30(39)37-17-9-12-27(37)31(40)36(4)28(32(41)42)19-23-13-15-25(44-5)16-14-23/h6-8,10-11,13-16,21-22,26-28H,9,12,17-20H2,1-5H3,(H,34,43)(H,35,38)(H,41,42)/t22-,26+,27+,28+/m1/s1. The fraction of sp³-hybridized carbons (Fsp3) is 0.485. The van der Waals surface area contributed by atoms with Crippen LogP contribution in [0.25, 0.3) is 0 Å². The molecular formula is C33H44N4O8. The van der Waals surface area contributed by atoms with Crippen LogP contribution in [0, 0.1) is 5.92 Å². The molecule has 12 nitrogen and oxygen atoms in total. The summed E-state index contributed by atoms with van der Waals surface area (Å²) >= 11 is 0. The molecule has 0 bridgehead atoms. The number of hydrogen-bond acceptors (Lipinski definition) is 7. The Labute approximate surface area is 264 Å². The quantitative estimate of drug-likeness (QED) is 0.290. The van der Waals surface area contributed by atoms with Gasteiger partial charge < -0.3 is 35.0 Å². The first kappa shape index (κ1) is 34.9. The number of carbonyl (C=O) groups is 5. The fourth-order valence-corrected chi connectivity index (χ4v) is 5.25. The lowest BCUT2D eigenvalue weighted by Crippen LogP contribution is -2.57. The number of nitrogens with one attached hydrogen (secondary N) is 2. The van der Waals surface area contributed by atoms with Gasteiger partial charge in [0, 0.05) is 20.0 Å².